The smallest absolute Gasteiger partial charge is 0.209 e. The molecule has 0 spiro atoms. The van der Waals surface area contributed by atoms with Crippen LogP contribution in [0.15, 0.2) is 35.1 Å². The highest BCUT2D eigenvalue weighted by atomic mass is 32.1. The molecule has 0 aliphatic heterocycles. The first-order valence-corrected chi connectivity index (χ1v) is 9.87. The number of nitrogens with one attached hydrogen (secondary N) is 1. The van der Waals surface area contributed by atoms with Crippen LogP contribution in [0.4, 0.5) is 5.69 Å². The van der Waals surface area contributed by atoms with E-state index in [9.17, 15) is 9.59 Å². The van der Waals surface area contributed by atoms with Gasteiger partial charge in [-0.2, -0.15) is 0 Å². The Morgan fingerprint density at radius 2 is 1.96 bits per heavy atom. The second kappa shape index (κ2) is 8.58. The number of anilines is 1. The molecule has 7 heteroatoms. The summed E-state index contributed by atoms with van der Waals surface area (Å²) in [6.45, 7) is 2.04. The van der Waals surface area contributed by atoms with E-state index in [-0.39, 0.29) is 5.43 Å². The van der Waals surface area contributed by atoms with Crippen molar-refractivity contribution >= 4 is 43.6 Å². The molecule has 0 saturated heterocycles. The zero-order valence-electron chi connectivity index (χ0n) is 16.6. The molecule has 0 saturated carbocycles. The van der Waals surface area contributed by atoms with Crippen LogP contribution in [0.25, 0.3) is 20.2 Å². The Morgan fingerprint density at radius 1 is 1.18 bits per heavy atom. The summed E-state index contributed by atoms with van der Waals surface area (Å²) in [4.78, 5) is 28.2. The van der Waals surface area contributed by atoms with E-state index in [4.69, 9.17) is 4.74 Å². The van der Waals surface area contributed by atoms with E-state index in [0.717, 1.165) is 40.2 Å². The van der Waals surface area contributed by atoms with Crippen LogP contribution < -0.4 is 15.5 Å². The van der Waals surface area contributed by atoms with E-state index < -0.39 is 0 Å². The highest BCUT2D eigenvalue weighted by Gasteiger charge is 2.15. The van der Waals surface area contributed by atoms with Gasteiger partial charge in [-0.05, 0) is 43.9 Å². The fourth-order valence-electron chi connectivity index (χ4n) is 3.11. The van der Waals surface area contributed by atoms with E-state index >= 15 is 0 Å². The number of amides is 1. The minimum absolute atomic E-state index is 0.0226. The molecule has 6 nitrogen and oxygen atoms in total. The Labute approximate surface area is 168 Å². The number of nitrogens with zero attached hydrogens (tertiary/aromatic N) is 2. The summed E-state index contributed by atoms with van der Waals surface area (Å²) in [6, 6.07) is 9.50. The first-order chi connectivity index (χ1) is 13.4. The lowest BCUT2D eigenvalue weighted by Crippen LogP contribution is -2.21. The summed E-state index contributed by atoms with van der Waals surface area (Å²) in [5.74, 6) is 0.662. The topological polar surface area (TPSA) is 61.9 Å². The quantitative estimate of drug-likeness (QED) is 0.466. The highest BCUT2D eigenvalue weighted by Crippen LogP contribution is 2.33. The summed E-state index contributed by atoms with van der Waals surface area (Å²) in [7, 11) is 7.35. The molecule has 148 valence electrons. The molecule has 0 atom stereocenters. The number of ether oxygens (including phenoxy) is 1. The maximum Gasteiger partial charge on any atom is 0.209 e. The maximum atomic E-state index is 13.4. The largest absolute Gasteiger partial charge is 0.497 e. The van der Waals surface area contributed by atoms with Crippen LogP contribution in [0.1, 0.15) is 5.56 Å². The molecule has 0 radical (unpaired) electrons. The van der Waals surface area contributed by atoms with Gasteiger partial charge in [-0.25, -0.2) is 0 Å². The lowest BCUT2D eigenvalue weighted by Gasteiger charge is -2.17. The van der Waals surface area contributed by atoms with Crippen molar-refractivity contribution in [2.45, 2.75) is 6.54 Å². The summed E-state index contributed by atoms with van der Waals surface area (Å²) >= 11 is 1.57. The van der Waals surface area contributed by atoms with Gasteiger partial charge in [-0.1, -0.05) is 6.07 Å². The van der Waals surface area contributed by atoms with Crippen LogP contribution in [0, 0.1) is 0 Å². The number of hydrogen-bond donors (Lipinski definition) is 1. The Bertz CT molecular complexity index is 1060. The monoisotopic (exact) mass is 399 g/mol. The Hall–Kier alpha value is -2.64. The number of benzene rings is 2. The van der Waals surface area contributed by atoms with Gasteiger partial charge in [0.1, 0.15) is 5.75 Å². The van der Waals surface area contributed by atoms with Crippen LogP contribution in [-0.4, -0.2) is 57.6 Å². The van der Waals surface area contributed by atoms with Gasteiger partial charge >= 0.3 is 0 Å². The molecule has 1 amide bonds. The molecule has 3 rings (SSSR count). The van der Waals surface area contributed by atoms with Gasteiger partial charge in [-0.3, -0.25) is 9.59 Å². The number of rotatable bonds is 8. The average molecular weight is 400 g/mol. The van der Waals surface area contributed by atoms with Crippen molar-refractivity contribution in [3.8, 4) is 5.75 Å². The Morgan fingerprint density at radius 3 is 2.64 bits per heavy atom. The number of methoxy groups -OCH3 is 1. The number of carbonyl (C=O) groups excluding carboxylic acids is 1. The molecule has 1 N–H and O–H groups in total. The lowest BCUT2D eigenvalue weighted by atomic mass is 10.1. The van der Waals surface area contributed by atoms with Crippen molar-refractivity contribution in [3.63, 3.8) is 0 Å². The number of hydrogen-bond acceptors (Lipinski definition) is 6. The summed E-state index contributed by atoms with van der Waals surface area (Å²) < 4.78 is 7.11. The van der Waals surface area contributed by atoms with Gasteiger partial charge in [0.05, 0.1) is 12.5 Å². The van der Waals surface area contributed by atoms with Crippen molar-refractivity contribution < 1.29 is 9.53 Å². The predicted octanol–water partition coefficient (Wildman–Crippen LogP) is 2.99. The molecule has 0 aliphatic carbocycles. The fourth-order valence-corrected chi connectivity index (χ4v) is 4.29. The van der Waals surface area contributed by atoms with E-state index in [1.54, 1.807) is 36.5 Å². The predicted molar refractivity (Wildman–Crippen MR) is 117 cm³/mol. The molecule has 3 aromatic rings. The number of fused-ring (bicyclic) bond motifs is 2. The van der Waals surface area contributed by atoms with Gasteiger partial charge in [0, 0.05) is 47.2 Å². The minimum atomic E-state index is -0.0226. The van der Waals surface area contributed by atoms with Crippen LogP contribution in [0.5, 0.6) is 5.75 Å². The van der Waals surface area contributed by atoms with Crippen molar-refractivity contribution in [3.05, 3.63) is 46.1 Å². The Kier molecular flexibility index (Phi) is 6.16. The molecule has 0 bridgehead atoms. The zero-order valence-corrected chi connectivity index (χ0v) is 17.4. The molecule has 28 heavy (non-hydrogen) atoms. The van der Waals surface area contributed by atoms with Crippen LogP contribution in [0.3, 0.4) is 0 Å². The highest BCUT2D eigenvalue weighted by molar-refractivity contribution is 7.24. The van der Waals surface area contributed by atoms with Gasteiger partial charge in [0.15, 0.2) is 5.43 Å². The lowest BCUT2D eigenvalue weighted by molar-refractivity contribution is -0.117. The standard InChI is InChI=1S/C21H25N3O3S/c1-23(2)10-9-22-17-7-5-14(12-24(3)13-25)21-19(17)20(26)16-11-15(27-4)6-8-18(16)28-21/h5-8,11,13,22H,9-10,12H2,1-4H3. The fraction of sp³-hybridized carbons (Fsp3) is 0.333. The van der Waals surface area contributed by atoms with Crippen molar-refractivity contribution in [1.29, 1.82) is 0 Å². The molecule has 0 unspecified atom stereocenters. The third-order valence-electron chi connectivity index (χ3n) is 4.58. The summed E-state index contributed by atoms with van der Waals surface area (Å²) in [5.41, 5.74) is 1.76. The van der Waals surface area contributed by atoms with Gasteiger partial charge in [-0.15, -0.1) is 11.3 Å². The molecular weight excluding hydrogens is 374 g/mol. The number of likely N-dealkylation sites (N-methyl/N-ethyl adjacent to an activating group) is 1. The van der Waals surface area contributed by atoms with Crippen LogP contribution in [-0.2, 0) is 11.3 Å². The third kappa shape index (κ3) is 4.10. The average Bonchev–Trinajstić information content (AvgIpc) is 2.69. The SMILES string of the molecule is COc1ccc2sc3c(CN(C)C=O)ccc(NCCN(C)C)c3c(=O)c2c1. The molecule has 0 aliphatic rings. The molecule has 2 aromatic carbocycles. The third-order valence-corrected chi connectivity index (χ3v) is 5.83. The second-order valence-electron chi connectivity index (χ2n) is 7.02. The summed E-state index contributed by atoms with van der Waals surface area (Å²) in [6.07, 6.45) is 0.795. The van der Waals surface area contributed by atoms with Crippen LogP contribution >= 0.6 is 11.3 Å². The molecule has 0 fully saturated rings. The van der Waals surface area contributed by atoms with Crippen molar-refractivity contribution in [2.75, 3.05) is 46.7 Å². The summed E-state index contributed by atoms with van der Waals surface area (Å²) in [5, 5.41) is 4.71. The van der Waals surface area contributed by atoms with E-state index in [0.29, 0.717) is 23.1 Å². The first-order valence-electron chi connectivity index (χ1n) is 9.05. The second-order valence-corrected chi connectivity index (χ2v) is 8.07. The van der Waals surface area contributed by atoms with Crippen molar-refractivity contribution in [1.82, 2.24) is 9.80 Å². The maximum absolute atomic E-state index is 13.4. The van der Waals surface area contributed by atoms with E-state index in [1.807, 2.05) is 38.4 Å². The van der Waals surface area contributed by atoms with E-state index in [2.05, 4.69) is 10.2 Å². The Balaban J connectivity index is 2.22. The molecule has 1 aromatic heterocycles. The van der Waals surface area contributed by atoms with Crippen molar-refractivity contribution in [2.24, 2.45) is 0 Å². The van der Waals surface area contributed by atoms with Gasteiger partial charge in [0.25, 0.3) is 0 Å². The number of carbonyl (C=O) groups is 1. The zero-order chi connectivity index (χ0) is 20.3. The molecule has 1 heterocycles. The molecular formula is C21H25N3O3S. The van der Waals surface area contributed by atoms with Gasteiger partial charge in [0.2, 0.25) is 6.41 Å². The minimum Gasteiger partial charge on any atom is -0.497 e. The first kappa shape index (κ1) is 20.1. The van der Waals surface area contributed by atoms with Gasteiger partial charge < -0.3 is 19.9 Å². The van der Waals surface area contributed by atoms with E-state index in [1.165, 1.54) is 0 Å². The normalized spacial score (nSPS) is 11.2. The van der Waals surface area contributed by atoms with Crippen LogP contribution in [0.2, 0.25) is 0 Å².